The summed E-state index contributed by atoms with van der Waals surface area (Å²) < 4.78 is 10.5. The molecule has 140 valence electrons. The third kappa shape index (κ3) is 6.60. The van der Waals surface area contributed by atoms with Gasteiger partial charge in [0.15, 0.2) is 11.5 Å². The molecule has 8 heteroatoms. The molecule has 1 rings (SSSR count). The maximum absolute atomic E-state index is 11.9. The summed E-state index contributed by atoms with van der Waals surface area (Å²) in [6, 6.07) is 4.83. The summed E-state index contributed by atoms with van der Waals surface area (Å²) in [5.41, 5.74) is 0.541. The van der Waals surface area contributed by atoms with Crippen LogP contribution >= 0.6 is 0 Å². The van der Waals surface area contributed by atoms with Crippen molar-refractivity contribution in [3.63, 3.8) is 0 Å². The summed E-state index contributed by atoms with van der Waals surface area (Å²) in [6.07, 6.45) is -2.01. The van der Waals surface area contributed by atoms with E-state index >= 15 is 0 Å². The standard InChI is InChI=1S/C17H27N3O5/c1-11(2)18-10-13(21)12-7-8-14(24-16(22)19(3)4)15(9-12)25-17(23)20(5)6/h7-9,11,13,18,21H,10H2,1-6H3. The van der Waals surface area contributed by atoms with Gasteiger partial charge in [-0.2, -0.15) is 0 Å². The highest BCUT2D eigenvalue weighted by Gasteiger charge is 2.19. The molecule has 0 saturated carbocycles. The fourth-order valence-electron chi connectivity index (χ4n) is 1.73. The summed E-state index contributed by atoms with van der Waals surface area (Å²) in [7, 11) is 6.17. The summed E-state index contributed by atoms with van der Waals surface area (Å²) in [4.78, 5) is 26.1. The molecule has 0 aliphatic heterocycles. The van der Waals surface area contributed by atoms with E-state index in [4.69, 9.17) is 9.47 Å². The number of carbonyl (C=O) groups excluding carboxylic acids is 2. The largest absolute Gasteiger partial charge is 0.414 e. The average Bonchev–Trinajstić information content (AvgIpc) is 2.53. The molecule has 2 amide bonds. The van der Waals surface area contributed by atoms with Crippen molar-refractivity contribution in [2.75, 3.05) is 34.7 Å². The minimum Gasteiger partial charge on any atom is -0.406 e. The van der Waals surface area contributed by atoms with Gasteiger partial charge in [-0.25, -0.2) is 9.59 Å². The van der Waals surface area contributed by atoms with Gasteiger partial charge in [0.05, 0.1) is 6.10 Å². The molecule has 0 aliphatic carbocycles. The maximum Gasteiger partial charge on any atom is 0.414 e. The number of aliphatic hydroxyl groups excluding tert-OH is 1. The zero-order valence-corrected chi connectivity index (χ0v) is 15.6. The molecule has 25 heavy (non-hydrogen) atoms. The van der Waals surface area contributed by atoms with E-state index in [2.05, 4.69) is 5.32 Å². The van der Waals surface area contributed by atoms with Gasteiger partial charge in [-0.1, -0.05) is 19.9 Å². The molecule has 1 aromatic carbocycles. The topological polar surface area (TPSA) is 91.3 Å². The minimum absolute atomic E-state index is 0.0648. The van der Waals surface area contributed by atoms with Crippen LogP contribution in [0.25, 0.3) is 0 Å². The van der Waals surface area contributed by atoms with Gasteiger partial charge in [-0.3, -0.25) is 0 Å². The van der Waals surface area contributed by atoms with E-state index in [1.54, 1.807) is 34.3 Å². The predicted molar refractivity (Wildman–Crippen MR) is 94.0 cm³/mol. The van der Waals surface area contributed by atoms with E-state index in [-0.39, 0.29) is 17.5 Å². The zero-order chi connectivity index (χ0) is 19.1. The Morgan fingerprint density at radius 1 is 1.04 bits per heavy atom. The van der Waals surface area contributed by atoms with Crippen LogP contribution in [0, 0.1) is 0 Å². The molecule has 2 N–H and O–H groups in total. The van der Waals surface area contributed by atoms with Gasteiger partial charge in [-0.05, 0) is 17.7 Å². The summed E-state index contributed by atoms with van der Waals surface area (Å²) >= 11 is 0. The quantitative estimate of drug-likeness (QED) is 0.811. The molecule has 0 fully saturated rings. The van der Waals surface area contributed by atoms with E-state index in [1.165, 1.54) is 21.9 Å². The first-order valence-corrected chi connectivity index (χ1v) is 7.95. The fourth-order valence-corrected chi connectivity index (χ4v) is 1.73. The number of benzene rings is 1. The van der Waals surface area contributed by atoms with Crippen LogP contribution in [0.3, 0.4) is 0 Å². The van der Waals surface area contributed by atoms with E-state index in [1.807, 2.05) is 13.8 Å². The van der Waals surface area contributed by atoms with Crippen molar-refractivity contribution in [2.45, 2.75) is 26.0 Å². The van der Waals surface area contributed by atoms with Crippen LogP contribution in [0.1, 0.15) is 25.5 Å². The number of aliphatic hydroxyl groups is 1. The van der Waals surface area contributed by atoms with Crippen molar-refractivity contribution in [2.24, 2.45) is 0 Å². The number of ether oxygens (including phenoxy) is 2. The second-order valence-corrected chi connectivity index (χ2v) is 6.31. The number of carbonyl (C=O) groups is 2. The third-order valence-corrected chi connectivity index (χ3v) is 3.20. The highest BCUT2D eigenvalue weighted by molar-refractivity contribution is 5.74. The van der Waals surface area contributed by atoms with Crippen LogP contribution in [0.15, 0.2) is 18.2 Å². The van der Waals surface area contributed by atoms with Gasteiger partial charge < -0.3 is 29.7 Å². The molecule has 0 bridgehead atoms. The van der Waals surface area contributed by atoms with Gasteiger partial charge in [0.2, 0.25) is 0 Å². The van der Waals surface area contributed by atoms with E-state index in [9.17, 15) is 14.7 Å². The highest BCUT2D eigenvalue weighted by atomic mass is 16.6. The highest BCUT2D eigenvalue weighted by Crippen LogP contribution is 2.31. The Hall–Kier alpha value is -2.32. The molecule has 0 radical (unpaired) electrons. The lowest BCUT2D eigenvalue weighted by Gasteiger charge is -2.18. The molecule has 8 nitrogen and oxygen atoms in total. The molecule has 1 atom stereocenters. The van der Waals surface area contributed by atoms with Crippen molar-refractivity contribution in [1.82, 2.24) is 15.1 Å². The Kier molecular flexibility index (Phi) is 7.66. The molecule has 0 aliphatic rings. The van der Waals surface area contributed by atoms with Crippen LogP contribution in [-0.2, 0) is 0 Å². The van der Waals surface area contributed by atoms with Crippen LogP contribution < -0.4 is 14.8 Å². The SMILES string of the molecule is CC(C)NCC(O)c1ccc(OC(=O)N(C)C)c(OC(=O)N(C)C)c1. The molecule has 1 unspecified atom stereocenters. The number of amides is 2. The first-order valence-electron chi connectivity index (χ1n) is 7.95. The normalized spacial score (nSPS) is 11.8. The Morgan fingerprint density at radius 3 is 2.04 bits per heavy atom. The summed E-state index contributed by atoms with van der Waals surface area (Å²) in [5.74, 6) is 0.164. The Bertz CT molecular complexity index is 602. The lowest BCUT2D eigenvalue weighted by atomic mass is 10.1. The molecular weight excluding hydrogens is 326 g/mol. The van der Waals surface area contributed by atoms with E-state index < -0.39 is 18.3 Å². The average molecular weight is 353 g/mol. The molecule has 0 saturated heterocycles. The Balaban J connectivity index is 3.07. The Labute approximate surface area is 148 Å². The van der Waals surface area contributed by atoms with Crippen LogP contribution in [0.2, 0.25) is 0 Å². The molecule has 0 spiro atoms. The van der Waals surface area contributed by atoms with Gasteiger partial charge in [0.1, 0.15) is 0 Å². The van der Waals surface area contributed by atoms with Gasteiger partial charge in [-0.15, -0.1) is 0 Å². The van der Waals surface area contributed by atoms with Crippen molar-refractivity contribution in [1.29, 1.82) is 0 Å². The minimum atomic E-state index is -0.794. The lowest BCUT2D eigenvalue weighted by molar-refractivity contribution is 0.159. The van der Waals surface area contributed by atoms with E-state index in [0.29, 0.717) is 12.1 Å². The van der Waals surface area contributed by atoms with Crippen LogP contribution in [-0.4, -0.2) is 67.9 Å². The van der Waals surface area contributed by atoms with Crippen molar-refractivity contribution < 1.29 is 24.2 Å². The van der Waals surface area contributed by atoms with Crippen molar-refractivity contribution in [3.05, 3.63) is 23.8 Å². The molecule has 0 aromatic heterocycles. The van der Waals surface area contributed by atoms with Crippen molar-refractivity contribution >= 4 is 12.2 Å². The zero-order valence-electron chi connectivity index (χ0n) is 15.6. The number of hydrogen-bond donors (Lipinski definition) is 2. The van der Waals surface area contributed by atoms with Gasteiger partial charge in [0, 0.05) is 40.8 Å². The number of nitrogens with zero attached hydrogens (tertiary/aromatic N) is 2. The number of nitrogens with one attached hydrogen (secondary N) is 1. The first-order chi connectivity index (χ1) is 11.6. The number of hydrogen-bond acceptors (Lipinski definition) is 6. The first kappa shape index (κ1) is 20.7. The maximum atomic E-state index is 11.9. The Morgan fingerprint density at radius 2 is 1.56 bits per heavy atom. The molecular formula is C17H27N3O5. The second kappa shape index (κ2) is 9.24. The van der Waals surface area contributed by atoms with Gasteiger partial charge in [0.25, 0.3) is 0 Å². The fraction of sp³-hybridized carbons (Fsp3) is 0.529. The van der Waals surface area contributed by atoms with Gasteiger partial charge >= 0.3 is 12.2 Å². The van der Waals surface area contributed by atoms with Crippen LogP contribution in [0.5, 0.6) is 11.5 Å². The predicted octanol–water partition coefficient (Wildman–Crippen LogP) is 1.84. The monoisotopic (exact) mass is 353 g/mol. The third-order valence-electron chi connectivity index (χ3n) is 3.20. The van der Waals surface area contributed by atoms with Crippen molar-refractivity contribution in [3.8, 4) is 11.5 Å². The smallest absolute Gasteiger partial charge is 0.406 e. The van der Waals surface area contributed by atoms with E-state index in [0.717, 1.165) is 0 Å². The lowest BCUT2D eigenvalue weighted by Crippen LogP contribution is -2.28. The molecule has 0 heterocycles. The second-order valence-electron chi connectivity index (χ2n) is 6.31. The number of rotatable bonds is 6. The summed E-state index contributed by atoms with van der Waals surface area (Å²) in [5, 5.41) is 13.4. The molecule has 1 aromatic rings. The summed E-state index contributed by atoms with van der Waals surface area (Å²) in [6.45, 7) is 4.29. The van der Waals surface area contributed by atoms with Crippen LogP contribution in [0.4, 0.5) is 9.59 Å².